The first-order valence-corrected chi connectivity index (χ1v) is 9.47. The first kappa shape index (κ1) is 21.0. The number of aliphatic hydroxyl groups excluding tert-OH is 2. The number of aromatic carboxylic acids is 1. The summed E-state index contributed by atoms with van der Waals surface area (Å²) in [5, 5.41) is 32.0. The van der Waals surface area contributed by atoms with E-state index in [1.54, 1.807) is 6.92 Å². The van der Waals surface area contributed by atoms with E-state index in [-0.39, 0.29) is 37.1 Å². The van der Waals surface area contributed by atoms with E-state index < -0.39 is 24.1 Å². The standard InChI is InChI=1S/C21H25NO7/c1-12(23)13-3-2-4-14(7-13)22-9-16-17(19(25)8-18(16)24)11-28-10-15-5-6-20(29-15)21(26)27/h2-7,12,16-17,19,22-23,25H,8-11H2,1H3,(H,26,27)/t12?,16-,17-,19?/m1/s1. The summed E-state index contributed by atoms with van der Waals surface area (Å²) in [6.07, 6.45) is -1.29. The predicted octanol–water partition coefficient (Wildman–Crippen LogP) is 2.23. The number of hydrogen-bond acceptors (Lipinski definition) is 7. The van der Waals surface area contributed by atoms with Gasteiger partial charge in [0.2, 0.25) is 5.76 Å². The van der Waals surface area contributed by atoms with Crippen molar-refractivity contribution in [3.8, 4) is 0 Å². The SMILES string of the molecule is CC(O)c1cccc(NC[C@H]2C(=O)CC(O)[C@@H]2COCc2ccc(C(=O)O)o2)c1. The number of hydrogen-bond donors (Lipinski definition) is 4. The van der Waals surface area contributed by atoms with Gasteiger partial charge in [-0.3, -0.25) is 4.79 Å². The van der Waals surface area contributed by atoms with Crippen LogP contribution in [0.15, 0.2) is 40.8 Å². The van der Waals surface area contributed by atoms with Crippen molar-refractivity contribution in [3.63, 3.8) is 0 Å². The van der Waals surface area contributed by atoms with Gasteiger partial charge >= 0.3 is 5.97 Å². The van der Waals surface area contributed by atoms with Crippen molar-refractivity contribution in [1.29, 1.82) is 0 Å². The average Bonchev–Trinajstić information content (AvgIpc) is 3.25. The lowest BCUT2D eigenvalue weighted by Gasteiger charge is -2.21. The van der Waals surface area contributed by atoms with E-state index in [9.17, 15) is 19.8 Å². The van der Waals surface area contributed by atoms with Crippen molar-refractivity contribution in [2.24, 2.45) is 11.8 Å². The molecule has 0 amide bonds. The van der Waals surface area contributed by atoms with Gasteiger partial charge in [0, 0.05) is 30.5 Å². The van der Waals surface area contributed by atoms with Gasteiger partial charge < -0.3 is 29.8 Å². The van der Waals surface area contributed by atoms with Crippen molar-refractivity contribution in [3.05, 3.63) is 53.5 Å². The van der Waals surface area contributed by atoms with Gasteiger partial charge in [-0.25, -0.2) is 4.79 Å². The van der Waals surface area contributed by atoms with Crippen molar-refractivity contribution in [1.82, 2.24) is 0 Å². The predicted molar refractivity (Wildman–Crippen MR) is 103 cm³/mol. The molecule has 1 aliphatic carbocycles. The van der Waals surface area contributed by atoms with Crippen LogP contribution in [0.5, 0.6) is 0 Å². The van der Waals surface area contributed by atoms with Crippen LogP contribution in [0.1, 0.15) is 41.3 Å². The molecule has 1 aliphatic rings. The number of carbonyl (C=O) groups excluding carboxylic acids is 1. The quantitative estimate of drug-likeness (QED) is 0.502. The summed E-state index contributed by atoms with van der Waals surface area (Å²) in [5.41, 5.74) is 1.56. The Morgan fingerprint density at radius 3 is 2.83 bits per heavy atom. The monoisotopic (exact) mass is 403 g/mol. The molecule has 2 unspecified atom stereocenters. The Labute approximate surface area is 168 Å². The van der Waals surface area contributed by atoms with E-state index >= 15 is 0 Å². The number of benzene rings is 1. The molecule has 1 aromatic heterocycles. The number of rotatable bonds is 9. The smallest absolute Gasteiger partial charge is 0.371 e. The molecule has 0 radical (unpaired) electrons. The topological polar surface area (TPSA) is 129 Å². The zero-order valence-electron chi connectivity index (χ0n) is 16.1. The highest BCUT2D eigenvalue weighted by atomic mass is 16.5. The number of nitrogens with one attached hydrogen (secondary N) is 1. The second-order valence-electron chi connectivity index (χ2n) is 7.28. The van der Waals surface area contributed by atoms with Crippen LogP contribution in [0.4, 0.5) is 5.69 Å². The fourth-order valence-corrected chi connectivity index (χ4v) is 3.51. The van der Waals surface area contributed by atoms with Crippen molar-refractivity contribution >= 4 is 17.4 Å². The van der Waals surface area contributed by atoms with E-state index in [4.69, 9.17) is 14.3 Å². The van der Waals surface area contributed by atoms with Crippen LogP contribution in [-0.2, 0) is 16.1 Å². The first-order chi connectivity index (χ1) is 13.8. The molecule has 0 spiro atoms. The highest BCUT2D eigenvalue weighted by Crippen LogP contribution is 2.30. The molecule has 8 heteroatoms. The van der Waals surface area contributed by atoms with Crippen LogP contribution >= 0.6 is 0 Å². The average molecular weight is 403 g/mol. The first-order valence-electron chi connectivity index (χ1n) is 9.47. The lowest BCUT2D eigenvalue weighted by atomic mass is 9.95. The number of carbonyl (C=O) groups is 2. The van der Waals surface area contributed by atoms with Gasteiger partial charge in [0.15, 0.2) is 0 Å². The van der Waals surface area contributed by atoms with E-state index in [2.05, 4.69) is 5.32 Å². The Bertz CT molecular complexity index is 860. The number of Topliss-reactive ketones (excluding diaryl/α,β-unsaturated/α-hetero) is 1. The number of ether oxygens (including phenoxy) is 1. The number of aliphatic hydroxyl groups is 2. The molecule has 0 aliphatic heterocycles. The largest absolute Gasteiger partial charge is 0.475 e. The molecule has 29 heavy (non-hydrogen) atoms. The summed E-state index contributed by atoms with van der Waals surface area (Å²) in [5.74, 6) is -1.77. The lowest BCUT2D eigenvalue weighted by molar-refractivity contribution is -0.121. The van der Waals surface area contributed by atoms with Crippen LogP contribution < -0.4 is 5.32 Å². The minimum absolute atomic E-state index is 0.0311. The molecule has 1 saturated carbocycles. The molecule has 4 atom stereocenters. The fourth-order valence-electron chi connectivity index (χ4n) is 3.51. The Balaban J connectivity index is 1.56. The van der Waals surface area contributed by atoms with Gasteiger partial charge in [0.25, 0.3) is 0 Å². The molecule has 1 fully saturated rings. The second kappa shape index (κ2) is 9.21. The zero-order valence-corrected chi connectivity index (χ0v) is 16.1. The van der Waals surface area contributed by atoms with Crippen LogP contribution in [0.3, 0.4) is 0 Å². The third kappa shape index (κ3) is 5.23. The molecule has 0 bridgehead atoms. The summed E-state index contributed by atoms with van der Waals surface area (Å²) in [6.45, 7) is 2.23. The number of carboxylic acids is 1. The number of carboxylic acid groups (broad SMARTS) is 1. The normalized spacial score (nSPS) is 22.6. The molecular weight excluding hydrogens is 378 g/mol. The summed E-state index contributed by atoms with van der Waals surface area (Å²) < 4.78 is 10.7. The summed E-state index contributed by atoms with van der Waals surface area (Å²) in [6, 6.07) is 10.2. The number of ketones is 1. The maximum absolute atomic E-state index is 12.3. The van der Waals surface area contributed by atoms with Crippen LogP contribution in [0, 0.1) is 11.8 Å². The molecule has 4 N–H and O–H groups in total. The maximum atomic E-state index is 12.3. The van der Waals surface area contributed by atoms with E-state index in [0.29, 0.717) is 12.3 Å². The summed E-state index contributed by atoms with van der Waals surface area (Å²) in [4.78, 5) is 23.2. The molecule has 1 heterocycles. The van der Waals surface area contributed by atoms with E-state index in [0.717, 1.165) is 11.3 Å². The Kier molecular flexibility index (Phi) is 6.68. The highest BCUT2D eigenvalue weighted by Gasteiger charge is 2.41. The molecule has 2 aromatic rings. The molecular formula is C21H25NO7. The second-order valence-corrected chi connectivity index (χ2v) is 7.28. The van der Waals surface area contributed by atoms with Crippen molar-refractivity contribution < 1.29 is 34.1 Å². The van der Waals surface area contributed by atoms with Gasteiger partial charge in [-0.15, -0.1) is 0 Å². The van der Waals surface area contributed by atoms with Crippen molar-refractivity contribution in [2.75, 3.05) is 18.5 Å². The number of anilines is 1. The van der Waals surface area contributed by atoms with Gasteiger partial charge in [-0.05, 0) is 36.8 Å². The minimum atomic E-state index is -1.15. The third-order valence-electron chi connectivity index (χ3n) is 5.16. The minimum Gasteiger partial charge on any atom is -0.475 e. The van der Waals surface area contributed by atoms with Crippen molar-refractivity contribution in [2.45, 2.75) is 32.2 Å². The molecule has 1 aromatic carbocycles. The number of furan rings is 1. The van der Waals surface area contributed by atoms with Crippen LogP contribution in [0.25, 0.3) is 0 Å². The molecule has 156 valence electrons. The molecule has 0 saturated heterocycles. The van der Waals surface area contributed by atoms with Gasteiger partial charge in [0.05, 0.1) is 18.8 Å². The van der Waals surface area contributed by atoms with E-state index in [1.165, 1.54) is 12.1 Å². The lowest BCUT2D eigenvalue weighted by Crippen LogP contribution is -2.30. The van der Waals surface area contributed by atoms with E-state index in [1.807, 2.05) is 24.3 Å². The Hall–Kier alpha value is -2.68. The zero-order chi connectivity index (χ0) is 21.0. The van der Waals surface area contributed by atoms with Crippen LogP contribution in [-0.4, -0.2) is 46.3 Å². The fraction of sp³-hybridized carbons (Fsp3) is 0.429. The van der Waals surface area contributed by atoms with Crippen LogP contribution in [0.2, 0.25) is 0 Å². The summed E-state index contributed by atoms with van der Waals surface area (Å²) in [7, 11) is 0. The summed E-state index contributed by atoms with van der Waals surface area (Å²) >= 11 is 0. The highest BCUT2D eigenvalue weighted by molar-refractivity contribution is 5.85. The van der Waals surface area contributed by atoms with Gasteiger partial charge in [0.1, 0.15) is 18.2 Å². The van der Waals surface area contributed by atoms with Gasteiger partial charge in [-0.1, -0.05) is 12.1 Å². The maximum Gasteiger partial charge on any atom is 0.371 e. The molecule has 8 nitrogen and oxygen atoms in total. The molecule has 3 rings (SSSR count). The third-order valence-corrected chi connectivity index (χ3v) is 5.16. The Morgan fingerprint density at radius 2 is 2.14 bits per heavy atom. The Morgan fingerprint density at radius 1 is 1.34 bits per heavy atom. The van der Waals surface area contributed by atoms with Gasteiger partial charge in [-0.2, -0.15) is 0 Å².